The summed E-state index contributed by atoms with van der Waals surface area (Å²) in [4.78, 5) is 11.7. The van der Waals surface area contributed by atoms with Crippen LogP contribution in [0.15, 0.2) is 24.4 Å². The fourth-order valence-electron chi connectivity index (χ4n) is 1.41. The minimum atomic E-state index is -0.355. The van der Waals surface area contributed by atoms with Crippen LogP contribution in [0.3, 0.4) is 0 Å². The summed E-state index contributed by atoms with van der Waals surface area (Å²) in [6.07, 6.45) is 2.25. The number of ether oxygens (including phenoxy) is 1. The van der Waals surface area contributed by atoms with E-state index in [-0.39, 0.29) is 11.6 Å². The van der Waals surface area contributed by atoms with Crippen molar-refractivity contribution in [3.63, 3.8) is 0 Å². The van der Waals surface area contributed by atoms with Crippen molar-refractivity contribution in [1.82, 2.24) is 15.4 Å². The number of H-pyrrole nitrogens is 1. The molecule has 2 aromatic rings. The molecule has 0 aliphatic rings. The normalized spacial score (nSPS) is 10.2. The van der Waals surface area contributed by atoms with Crippen molar-refractivity contribution in [1.29, 1.82) is 0 Å². The number of benzene rings is 1. The zero-order valence-electron chi connectivity index (χ0n) is 10.3. The van der Waals surface area contributed by atoms with E-state index in [1.807, 2.05) is 6.92 Å². The van der Waals surface area contributed by atoms with Gasteiger partial charge in [0.2, 0.25) is 0 Å². The van der Waals surface area contributed by atoms with E-state index in [1.165, 1.54) is 6.20 Å². The Morgan fingerprint density at radius 1 is 1.53 bits per heavy atom. The first-order valence-corrected chi connectivity index (χ1v) is 6.18. The van der Waals surface area contributed by atoms with Crippen LogP contribution >= 0.6 is 11.6 Å². The lowest BCUT2D eigenvalue weighted by Crippen LogP contribution is -2.12. The highest BCUT2D eigenvalue weighted by atomic mass is 35.5. The van der Waals surface area contributed by atoms with Crippen LogP contribution < -0.4 is 10.1 Å². The number of carbonyl (C=O) groups excluding carboxylic acids is 1. The molecule has 0 spiro atoms. The smallest absolute Gasteiger partial charge is 0.277 e. The zero-order valence-corrected chi connectivity index (χ0v) is 11.1. The Labute approximate surface area is 115 Å². The number of nitrogens with one attached hydrogen (secondary N) is 2. The number of aromatic amines is 1. The fourth-order valence-corrected chi connectivity index (χ4v) is 1.65. The van der Waals surface area contributed by atoms with E-state index in [0.29, 0.717) is 23.1 Å². The van der Waals surface area contributed by atoms with Crippen LogP contribution in [0.4, 0.5) is 5.69 Å². The predicted molar refractivity (Wildman–Crippen MR) is 71.6 cm³/mol. The van der Waals surface area contributed by atoms with Gasteiger partial charge in [-0.3, -0.25) is 4.79 Å². The van der Waals surface area contributed by atoms with Crippen LogP contribution in [-0.4, -0.2) is 27.9 Å². The minimum Gasteiger partial charge on any atom is -0.492 e. The molecule has 6 nitrogen and oxygen atoms in total. The lowest BCUT2D eigenvalue weighted by atomic mass is 10.3. The molecular formula is C12H13ClN4O2. The highest BCUT2D eigenvalue weighted by molar-refractivity contribution is 6.32. The van der Waals surface area contributed by atoms with Gasteiger partial charge in [0.25, 0.3) is 5.91 Å². The van der Waals surface area contributed by atoms with E-state index in [9.17, 15) is 4.79 Å². The molecule has 1 aromatic heterocycles. The number of anilines is 1. The Morgan fingerprint density at radius 3 is 3.00 bits per heavy atom. The molecule has 1 aromatic carbocycles. The van der Waals surface area contributed by atoms with Crippen molar-refractivity contribution >= 4 is 23.2 Å². The molecule has 0 unspecified atom stereocenters. The van der Waals surface area contributed by atoms with Crippen LogP contribution in [0.1, 0.15) is 23.8 Å². The fraction of sp³-hybridized carbons (Fsp3) is 0.250. The maximum atomic E-state index is 11.7. The monoisotopic (exact) mass is 280 g/mol. The SMILES string of the molecule is CCCOc1ccc(NC(=O)c2cn[nH]n2)cc1Cl. The number of amides is 1. The third kappa shape index (κ3) is 3.45. The molecule has 0 saturated heterocycles. The number of halogens is 1. The summed E-state index contributed by atoms with van der Waals surface area (Å²) in [6, 6.07) is 5.07. The van der Waals surface area contributed by atoms with Gasteiger partial charge in [0.1, 0.15) is 5.75 Å². The zero-order chi connectivity index (χ0) is 13.7. The van der Waals surface area contributed by atoms with Gasteiger partial charge in [0.15, 0.2) is 5.69 Å². The molecule has 1 heterocycles. The summed E-state index contributed by atoms with van der Waals surface area (Å²) in [5.74, 6) is 0.245. The van der Waals surface area contributed by atoms with Crippen LogP contribution in [0.5, 0.6) is 5.75 Å². The van der Waals surface area contributed by atoms with Crippen LogP contribution in [-0.2, 0) is 0 Å². The third-order valence-corrected chi connectivity index (χ3v) is 2.59. The maximum absolute atomic E-state index is 11.7. The van der Waals surface area contributed by atoms with Gasteiger partial charge in [0.05, 0.1) is 17.8 Å². The number of rotatable bonds is 5. The Balaban J connectivity index is 2.05. The van der Waals surface area contributed by atoms with Gasteiger partial charge in [-0.2, -0.15) is 15.4 Å². The summed E-state index contributed by atoms with van der Waals surface area (Å²) >= 11 is 6.06. The van der Waals surface area contributed by atoms with Crippen molar-refractivity contribution < 1.29 is 9.53 Å². The largest absolute Gasteiger partial charge is 0.492 e. The van der Waals surface area contributed by atoms with Gasteiger partial charge in [0, 0.05) is 5.69 Å². The molecule has 0 aliphatic carbocycles. The lowest BCUT2D eigenvalue weighted by molar-refractivity contribution is 0.102. The summed E-state index contributed by atoms with van der Waals surface area (Å²) in [6.45, 7) is 2.62. The first-order valence-electron chi connectivity index (χ1n) is 5.80. The highest BCUT2D eigenvalue weighted by Gasteiger charge is 2.10. The van der Waals surface area contributed by atoms with E-state index in [0.717, 1.165) is 6.42 Å². The van der Waals surface area contributed by atoms with Gasteiger partial charge < -0.3 is 10.1 Å². The van der Waals surface area contributed by atoms with Gasteiger partial charge >= 0.3 is 0 Å². The lowest BCUT2D eigenvalue weighted by Gasteiger charge is -2.09. The molecule has 0 aliphatic heterocycles. The molecule has 19 heavy (non-hydrogen) atoms. The summed E-state index contributed by atoms with van der Waals surface area (Å²) in [5.41, 5.74) is 0.782. The Morgan fingerprint density at radius 2 is 2.37 bits per heavy atom. The van der Waals surface area contributed by atoms with Gasteiger partial charge in [-0.15, -0.1) is 0 Å². The molecule has 7 heteroatoms. The van der Waals surface area contributed by atoms with Crippen LogP contribution in [0, 0.1) is 0 Å². The molecule has 0 bridgehead atoms. The average molecular weight is 281 g/mol. The molecule has 0 fully saturated rings. The van der Waals surface area contributed by atoms with Crippen molar-refractivity contribution in [3.05, 3.63) is 35.1 Å². The van der Waals surface area contributed by atoms with E-state index in [2.05, 4.69) is 20.7 Å². The summed E-state index contributed by atoms with van der Waals surface area (Å²) < 4.78 is 5.45. The van der Waals surface area contributed by atoms with E-state index < -0.39 is 0 Å². The molecule has 100 valence electrons. The number of aromatic nitrogens is 3. The third-order valence-electron chi connectivity index (χ3n) is 2.30. The molecule has 1 amide bonds. The van der Waals surface area contributed by atoms with E-state index >= 15 is 0 Å². The van der Waals surface area contributed by atoms with Gasteiger partial charge in [-0.1, -0.05) is 18.5 Å². The first-order chi connectivity index (χ1) is 9.20. The number of nitrogens with zero attached hydrogens (tertiary/aromatic N) is 2. The number of hydrogen-bond acceptors (Lipinski definition) is 4. The average Bonchev–Trinajstić information content (AvgIpc) is 2.92. The van der Waals surface area contributed by atoms with Gasteiger partial charge in [-0.25, -0.2) is 0 Å². The quantitative estimate of drug-likeness (QED) is 0.882. The topological polar surface area (TPSA) is 79.9 Å². The molecule has 0 radical (unpaired) electrons. The Hall–Kier alpha value is -2.08. The second kappa shape index (κ2) is 6.19. The maximum Gasteiger partial charge on any atom is 0.277 e. The van der Waals surface area contributed by atoms with Crippen molar-refractivity contribution in [2.75, 3.05) is 11.9 Å². The van der Waals surface area contributed by atoms with Crippen molar-refractivity contribution in [2.45, 2.75) is 13.3 Å². The second-order valence-corrected chi connectivity index (χ2v) is 4.21. The highest BCUT2D eigenvalue weighted by Crippen LogP contribution is 2.27. The minimum absolute atomic E-state index is 0.211. The molecule has 2 N–H and O–H groups in total. The second-order valence-electron chi connectivity index (χ2n) is 3.80. The van der Waals surface area contributed by atoms with E-state index in [1.54, 1.807) is 18.2 Å². The van der Waals surface area contributed by atoms with E-state index in [4.69, 9.17) is 16.3 Å². The summed E-state index contributed by atoms with van der Waals surface area (Å²) in [5, 5.41) is 12.7. The van der Waals surface area contributed by atoms with Crippen LogP contribution in [0.25, 0.3) is 0 Å². The van der Waals surface area contributed by atoms with Crippen LogP contribution in [0.2, 0.25) is 5.02 Å². The molecule has 2 rings (SSSR count). The van der Waals surface area contributed by atoms with Crippen molar-refractivity contribution in [3.8, 4) is 5.75 Å². The molecule has 0 saturated carbocycles. The Bertz CT molecular complexity index is 557. The molecular weight excluding hydrogens is 268 g/mol. The number of carbonyl (C=O) groups is 1. The number of hydrogen-bond donors (Lipinski definition) is 2. The van der Waals surface area contributed by atoms with Crippen molar-refractivity contribution in [2.24, 2.45) is 0 Å². The van der Waals surface area contributed by atoms with Gasteiger partial charge in [-0.05, 0) is 24.6 Å². The standard InChI is InChI=1S/C12H13ClN4O2/c1-2-5-19-11-4-3-8(6-9(11)13)15-12(18)10-7-14-17-16-10/h3-4,6-7H,2,5H2,1H3,(H,15,18)(H,14,16,17). The predicted octanol–water partition coefficient (Wildman–Crippen LogP) is 2.50. The Kier molecular flexibility index (Phi) is 4.35. The molecule has 0 atom stereocenters. The first kappa shape index (κ1) is 13.4. The summed E-state index contributed by atoms with van der Waals surface area (Å²) in [7, 11) is 0.